The summed E-state index contributed by atoms with van der Waals surface area (Å²) in [6, 6.07) is 6.07. The summed E-state index contributed by atoms with van der Waals surface area (Å²) in [4.78, 5) is 0. The molecule has 1 rings (SSSR count). The molecule has 0 amide bonds. The summed E-state index contributed by atoms with van der Waals surface area (Å²) < 4.78 is 25.1. The van der Waals surface area contributed by atoms with E-state index in [1.807, 2.05) is 6.07 Å². The average Bonchev–Trinajstić information content (AvgIpc) is 2.86. The maximum Gasteiger partial charge on any atom is 0.124 e. The normalized spacial score (nSPS) is 13.0. The van der Waals surface area contributed by atoms with E-state index in [2.05, 4.69) is 6.92 Å². The summed E-state index contributed by atoms with van der Waals surface area (Å²) in [5.74, 6) is -0.465. The number of halogens is 1. The third kappa shape index (κ3) is 16.8. The predicted molar refractivity (Wildman–Crippen MR) is 142 cm³/mol. The lowest BCUT2D eigenvalue weighted by Crippen LogP contribution is -2.38. The van der Waals surface area contributed by atoms with Crippen LogP contribution in [0.3, 0.4) is 0 Å². The van der Waals surface area contributed by atoms with E-state index in [4.69, 9.17) is 14.7 Å². The first-order chi connectivity index (χ1) is 17.0. The number of ether oxygens (including phenoxy) is 2. The van der Waals surface area contributed by atoms with Crippen molar-refractivity contribution in [2.75, 3.05) is 19.8 Å². The third-order valence-electron chi connectivity index (χ3n) is 6.56. The Morgan fingerprint density at radius 2 is 1.34 bits per heavy atom. The molecule has 1 atom stereocenters. The molecule has 0 heterocycles. The van der Waals surface area contributed by atoms with Gasteiger partial charge in [-0.25, -0.2) is 4.39 Å². The molecule has 0 aliphatic heterocycles. The van der Waals surface area contributed by atoms with Gasteiger partial charge in [0.15, 0.2) is 0 Å². The average molecular weight is 492 g/mol. The quantitative estimate of drug-likeness (QED) is 0.157. The van der Waals surface area contributed by atoms with Gasteiger partial charge in [-0.1, -0.05) is 103 Å². The zero-order chi connectivity index (χ0) is 25.6. The molecule has 0 aromatic heterocycles. The van der Waals surface area contributed by atoms with E-state index in [1.54, 1.807) is 13.0 Å². The Bertz CT molecular complexity index is 691. The zero-order valence-electron chi connectivity index (χ0n) is 22.5. The molecule has 0 aliphatic rings. The van der Waals surface area contributed by atoms with Crippen LogP contribution in [0.25, 0.3) is 0 Å². The van der Waals surface area contributed by atoms with E-state index in [-0.39, 0.29) is 25.4 Å². The van der Waals surface area contributed by atoms with Crippen molar-refractivity contribution in [2.45, 2.75) is 129 Å². The van der Waals surface area contributed by atoms with Crippen LogP contribution in [0.2, 0.25) is 0 Å². The van der Waals surface area contributed by atoms with Crippen LogP contribution in [0, 0.1) is 17.1 Å². The lowest BCUT2D eigenvalue weighted by atomic mass is 10.0. The van der Waals surface area contributed by atoms with Crippen molar-refractivity contribution in [1.29, 1.82) is 5.26 Å². The minimum absolute atomic E-state index is 0.117. The van der Waals surface area contributed by atoms with Gasteiger partial charge >= 0.3 is 0 Å². The van der Waals surface area contributed by atoms with Gasteiger partial charge in [-0.2, -0.15) is 5.26 Å². The standard InChI is InChI=1S/C30H50FNO3/c1-3-4-5-6-7-8-9-10-11-12-13-14-15-16-17-18-19-34-26-30(2,25-33)35-24-28-20-27(23-32)21-29(31)22-28/h20-22,33H,3-19,24-26H2,1-2H3/t30-/m0/s1. The molecule has 5 heteroatoms. The Labute approximate surface area is 214 Å². The van der Waals surface area contributed by atoms with Gasteiger partial charge < -0.3 is 14.6 Å². The maximum absolute atomic E-state index is 13.6. The predicted octanol–water partition coefficient (Wildman–Crippen LogP) is 8.24. The molecule has 0 radical (unpaired) electrons. The van der Waals surface area contributed by atoms with Crippen LogP contribution in [0.15, 0.2) is 18.2 Å². The maximum atomic E-state index is 13.6. The molecular formula is C30H50FNO3. The van der Waals surface area contributed by atoms with Gasteiger partial charge in [-0.3, -0.25) is 0 Å². The molecule has 0 saturated heterocycles. The second kappa shape index (κ2) is 20.7. The van der Waals surface area contributed by atoms with Crippen molar-refractivity contribution in [3.63, 3.8) is 0 Å². The number of aliphatic hydroxyl groups is 1. The van der Waals surface area contributed by atoms with E-state index in [9.17, 15) is 9.50 Å². The highest BCUT2D eigenvalue weighted by Crippen LogP contribution is 2.17. The number of benzene rings is 1. The Kier molecular flexibility index (Phi) is 18.6. The molecule has 1 N–H and O–H groups in total. The highest BCUT2D eigenvalue weighted by Gasteiger charge is 2.25. The van der Waals surface area contributed by atoms with Crippen LogP contribution in [-0.4, -0.2) is 30.5 Å². The number of nitriles is 1. The first-order valence-electron chi connectivity index (χ1n) is 14.0. The van der Waals surface area contributed by atoms with E-state index in [1.165, 1.54) is 102 Å². The van der Waals surface area contributed by atoms with Crippen LogP contribution >= 0.6 is 0 Å². The fourth-order valence-electron chi connectivity index (χ4n) is 4.23. The van der Waals surface area contributed by atoms with Crippen LogP contribution in [0.4, 0.5) is 4.39 Å². The number of hydrogen-bond donors (Lipinski definition) is 1. The molecular weight excluding hydrogens is 441 g/mol. The topological polar surface area (TPSA) is 62.5 Å². The van der Waals surface area contributed by atoms with Crippen LogP contribution < -0.4 is 0 Å². The molecule has 0 fully saturated rings. The Morgan fingerprint density at radius 1 is 0.829 bits per heavy atom. The summed E-state index contributed by atoms with van der Waals surface area (Å²) in [6.45, 7) is 4.91. The smallest absolute Gasteiger partial charge is 0.124 e. The van der Waals surface area contributed by atoms with E-state index in [0.29, 0.717) is 12.2 Å². The molecule has 0 spiro atoms. The summed E-state index contributed by atoms with van der Waals surface area (Å²) in [7, 11) is 0. The first kappa shape index (κ1) is 31.5. The number of nitrogens with zero attached hydrogens (tertiary/aromatic N) is 1. The first-order valence-corrected chi connectivity index (χ1v) is 14.0. The van der Waals surface area contributed by atoms with Crippen molar-refractivity contribution < 1.29 is 19.0 Å². The summed E-state index contributed by atoms with van der Waals surface area (Å²) in [5, 5.41) is 18.7. The van der Waals surface area contributed by atoms with Gasteiger partial charge in [-0.15, -0.1) is 0 Å². The lowest BCUT2D eigenvalue weighted by molar-refractivity contribution is -0.120. The summed E-state index contributed by atoms with van der Waals surface area (Å²) in [5.41, 5.74) is -0.0261. The number of unbranched alkanes of at least 4 members (excludes halogenated alkanes) is 15. The second-order valence-corrected chi connectivity index (χ2v) is 10.2. The van der Waals surface area contributed by atoms with E-state index >= 15 is 0 Å². The Balaban J connectivity index is 1.97. The van der Waals surface area contributed by atoms with E-state index < -0.39 is 11.4 Å². The van der Waals surface area contributed by atoms with Gasteiger partial charge in [0.05, 0.1) is 31.5 Å². The Hall–Kier alpha value is -1.48. The van der Waals surface area contributed by atoms with Gasteiger partial charge in [0, 0.05) is 6.61 Å². The zero-order valence-corrected chi connectivity index (χ0v) is 22.5. The molecule has 1 aromatic rings. The van der Waals surface area contributed by atoms with Crippen molar-refractivity contribution in [1.82, 2.24) is 0 Å². The van der Waals surface area contributed by atoms with Crippen LogP contribution in [-0.2, 0) is 16.1 Å². The van der Waals surface area contributed by atoms with Crippen molar-refractivity contribution in [2.24, 2.45) is 0 Å². The number of rotatable bonds is 23. The molecule has 0 bridgehead atoms. The van der Waals surface area contributed by atoms with Crippen molar-refractivity contribution in [3.8, 4) is 6.07 Å². The minimum Gasteiger partial charge on any atom is -0.393 e. The minimum atomic E-state index is -0.853. The van der Waals surface area contributed by atoms with E-state index in [0.717, 1.165) is 12.8 Å². The lowest BCUT2D eigenvalue weighted by Gasteiger charge is -2.27. The monoisotopic (exact) mass is 491 g/mol. The van der Waals surface area contributed by atoms with Gasteiger partial charge in [0.25, 0.3) is 0 Å². The molecule has 0 saturated carbocycles. The largest absolute Gasteiger partial charge is 0.393 e. The Morgan fingerprint density at radius 3 is 1.83 bits per heavy atom. The molecule has 0 unspecified atom stereocenters. The second-order valence-electron chi connectivity index (χ2n) is 10.2. The number of aliphatic hydroxyl groups excluding tert-OH is 1. The molecule has 4 nitrogen and oxygen atoms in total. The molecule has 1 aromatic carbocycles. The van der Waals surface area contributed by atoms with Gasteiger partial charge in [0.1, 0.15) is 11.4 Å². The summed E-state index contributed by atoms with van der Waals surface area (Å²) in [6.07, 6.45) is 21.4. The van der Waals surface area contributed by atoms with Crippen molar-refractivity contribution >= 4 is 0 Å². The molecule has 0 aliphatic carbocycles. The highest BCUT2D eigenvalue weighted by molar-refractivity contribution is 5.33. The molecule has 200 valence electrons. The fraction of sp³-hybridized carbons (Fsp3) is 0.767. The highest BCUT2D eigenvalue weighted by atomic mass is 19.1. The molecule has 35 heavy (non-hydrogen) atoms. The summed E-state index contributed by atoms with van der Waals surface area (Å²) >= 11 is 0. The fourth-order valence-corrected chi connectivity index (χ4v) is 4.23. The van der Waals surface area contributed by atoms with Crippen LogP contribution in [0.1, 0.15) is 128 Å². The third-order valence-corrected chi connectivity index (χ3v) is 6.56. The SMILES string of the molecule is CCCCCCCCCCCCCCCCCCOC[C@](C)(CO)OCc1cc(F)cc(C#N)c1. The van der Waals surface area contributed by atoms with Crippen molar-refractivity contribution in [3.05, 3.63) is 35.1 Å². The van der Waals surface area contributed by atoms with Crippen LogP contribution in [0.5, 0.6) is 0 Å². The van der Waals surface area contributed by atoms with Gasteiger partial charge in [0.2, 0.25) is 0 Å². The van der Waals surface area contributed by atoms with Gasteiger partial charge in [-0.05, 0) is 37.1 Å². The number of hydrogen-bond acceptors (Lipinski definition) is 4.